The van der Waals surface area contributed by atoms with Crippen molar-refractivity contribution in [2.45, 2.75) is 39.3 Å². The standard InChI is InChI=1S/C26H26BrN3O/c1-3-18(2)20-13-11-19(12-14-20)17-30-24-10-5-4-9-23(24)29-25(30)16-28-26(31)21-7-6-8-22(27)15-21/h4-15,18H,3,16-17H2,1-2H3,(H,28,31). The molecule has 5 heteroatoms. The summed E-state index contributed by atoms with van der Waals surface area (Å²) in [6.07, 6.45) is 1.13. The molecule has 1 amide bonds. The number of benzene rings is 3. The molecule has 0 fully saturated rings. The van der Waals surface area contributed by atoms with E-state index in [1.807, 2.05) is 42.5 Å². The molecule has 0 aliphatic carbocycles. The first kappa shape index (κ1) is 21.3. The highest BCUT2D eigenvalue weighted by atomic mass is 79.9. The van der Waals surface area contributed by atoms with Gasteiger partial charge in [-0.1, -0.05) is 72.2 Å². The summed E-state index contributed by atoms with van der Waals surface area (Å²) in [6.45, 7) is 5.55. The molecule has 3 aromatic carbocycles. The number of nitrogens with one attached hydrogen (secondary N) is 1. The van der Waals surface area contributed by atoms with Crippen LogP contribution in [0, 0.1) is 0 Å². The fourth-order valence-corrected chi connectivity index (χ4v) is 4.10. The molecule has 0 radical (unpaired) electrons. The molecular weight excluding hydrogens is 450 g/mol. The molecule has 1 N–H and O–H groups in total. The molecule has 31 heavy (non-hydrogen) atoms. The minimum Gasteiger partial charge on any atom is -0.345 e. The first-order chi connectivity index (χ1) is 15.0. The van der Waals surface area contributed by atoms with Gasteiger partial charge in [-0.2, -0.15) is 0 Å². The number of para-hydroxylation sites is 2. The number of fused-ring (bicyclic) bond motifs is 1. The summed E-state index contributed by atoms with van der Waals surface area (Å²) >= 11 is 3.42. The van der Waals surface area contributed by atoms with E-state index in [0.717, 1.165) is 27.8 Å². The largest absolute Gasteiger partial charge is 0.345 e. The Morgan fingerprint density at radius 2 is 1.84 bits per heavy atom. The second kappa shape index (κ2) is 9.48. The molecule has 0 aliphatic rings. The van der Waals surface area contributed by atoms with E-state index in [4.69, 9.17) is 4.98 Å². The maximum absolute atomic E-state index is 12.6. The second-order valence-corrected chi connectivity index (χ2v) is 8.76. The summed E-state index contributed by atoms with van der Waals surface area (Å²) in [7, 11) is 0. The van der Waals surface area contributed by atoms with Crippen molar-refractivity contribution in [1.29, 1.82) is 0 Å². The number of hydrogen-bond acceptors (Lipinski definition) is 2. The van der Waals surface area contributed by atoms with E-state index in [1.54, 1.807) is 0 Å². The number of rotatable bonds is 7. The summed E-state index contributed by atoms with van der Waals surface area (Å²) in [6, 6.07) is 24.3. The quantitative estimate of drug-likeness (QED) is 0.341. The first-order valence-corrected chi connectivity index (χ1v) is 11.4. The summed E-state index contributed by atoms with van der Waals surface area (Å²) in [5, 5.41) is 3.02. The van der Waals surface area contributed by atoms with Gasteiger partial charge < -0.3 is 9.88 Å². The Bertz CT molecular complexity index is 1200. The number of halogens is 1. The number of imidazole rings is 1. The van der Waals surface area contributed by atoms with Gasteiger partial charge in [0.05, 0.1) is 17.6 Å². The predicted octanol–water partition coefficient (Wildman–Crippen LogP) is 6.29. The van der Waals surface area contributed by atoms with Crippen LogP contribution in [-0.4, -0.2) is 15.5 Å². The highest BCUT2D eigenvalue weighted by molar-refractivity contribution is 9.10. The molecule has 4 nitrogen and oxygen atoms in total. The van der Waals surface area contributed by atoms with Gasteiger partial charge in [-0.05, 0) is 53.8 Å². The van der Waals surface area contributed by atoms with Gasteiger partial charge in [0.15, 0.2) is 0 Å². The average molecular weight is 476 g/mol. The molecule has 4 aromatic rings. The van der Waals surface area contributed by atoms with Crippen molar-refractivity contribution in [3.05, 3.63) is 99.8 Å². The van der Waals surface area contributed by atoms with E-state index in [1.165, 1.54) is 11.1 Å². The fourth-order valence-electron chi connectivity index (χ4n) is 3.70. The lowest BCUT2D eigenvalue weighted by Gasteiger charge is -2.13. The zero-order valence-corrected chi connectivity index (χ0v) is 19.4. The lowest BCUT2D eigenvalue weighted by molar-refractivity contribution is 0.0949. The smallest absolute Gasteiger partial charge is 0.251 e. The maximum atomic E-state index is 12.6. The Morgan fingerprint density at radius 3 is 2.58 bits per heavy atom. The van der Waals surface area contributed by atoms with Gasteiger partial charge in [-0.25, -0.2) is 4.98 Å². The van der Waals surface area contributed by atoms with Gasteiger partial charge in [0, 0.05) is 16.6 Å². The van der Waals surface area contributed by atoms with Crippen LogP contribution in [0.15, 0.2) is 77.3 Å². The number of nitrogens with zero attached hydrogens (tertiary/aromatic N) is 2. The summed E-state index contributed by atoms with van der Waals surface area (Å²) in [4.78, 5) is 17.4. The van der Waals surface area contributed by atoms with Crippen LogP contribution in [-0.2, 0) is 13.1 Å². The number of carbonyl (C=O) groups excluding carboxylic acids is 1. The van der Waals surface area contributed by atoms with Crippen molar-refractivity contribution in [3.63, 3.8) is 0 Å². The molecule has 4 rings (SSSR count). The predicted molar refractivity (Wildman–Crippen MR) is 129 cm³/mol. The van der Waals surface area contributed by atoms with Crippen LogP contribution in [0.1, 0.15) is 53.5 Å². The minimum absolute atomic E-state index is 0.113. The van der Waals surface area contributed by atoms with Gasteiger partial charge in [-0.15, -0.1) is 0 Å². The molecule has 1 atom stereocenters. The van der Waals surface area contributed by atoms with Crippen LogP contribution < -0.4 is 5.32 Å². The Balaban J connectivity index is 1.58. The third-order valence-electron chi connectivity index (χ3n) is 5.73. The molecular formula is C26H26BrN3O. The summed E-state index contributed by atoms with van der Waals surface area (Å²) in [5.41, 5.74) is 5.21. The fraction of sp³-hybridized carbons (Fsp3) is 0.231. The third kappa shape index (κ3) is 4.88. The lowest BCUT2D eigenvalue weighted by Crippen LogP contribution is -2.24. The number of hydrogen-bond donors (Lipinski definition) is 1. The Hall–Kier alpha value is -2.92. The molecule has 1 aromatic heterocycles. The molecule has 0 bridgehead atoms. The Kier molecular flexibility index (Phi) is 6.52. The van der Waals surface area contributed by atoms with Gasteiger partial charge in [0.2, 0.25) is 0 Å². The average Bonchev–Trinajstić information content (AvgIpc) is 3.14. The van der Waals surface area contributed by atoms with E-state index in [2.05, 4.69) is 70.0 Å². The highest BCUT2D eigenvalue weighted by Crippen LogP contribution is 2.22. The number of amides is 1. The van der Waals surface area contributed by atoms with Gasteiger partial charge in [0.25, 0.3) is 5.91 Å². The van der Waals surface area contributed by atoms with E-state index < -0.39 is 0 Å². The van der Waals surface area contributed by atoms with Crippen molar-refractivity contribution in [1.82, 2.24) is 14.9 Å². The molecule has 0 spiro atoms. The third-order valence-corrected chi connectivity index (χ3v) is 6.22. The van der Waals surface area contributed by atoms with Crippen LogP contribution in [0.3, 0.4) is 0 Å². The van der Waals surface area contributed by atoms with Crippen LogP contribution in [0.4, 0.5) is 0 Å². The molecule has 0 saturated heterocycles. The zero-order valence-electron chi connectivity index (χ0n) is 17.8. The topological polar surface area (TPSA) is 46.9 Å². The van der Waals surface area contributed by atoms with Crippen molar-refractivity contribution in [3.8, 4) is 0 Å². The Labute approximate surface area is 191 Å². The van der Waals surface area contributed by atoms with Crippen LogP contribution in [0.5, 0.6) is 0 Å². The zero-order chi connectivity index (χ0) is 21.8. The monoisotopic (exact) mass is 475 g/mol. The summed E-state index contributed by atoms with van der Waals surface area (Å²) in [5.74, 6) is 1.29. The molecule has 0 aliphatic heterocycles. The maximum Gasteiger partial charge on any atom is 0.251 e. The molecule has 1 unspecified atom stereocenters. The normalized spacial score (nSPS) is 12.1. The Morgan fingerprint density at radius 1 is 1.06 bits per heavy atom. The lowest BCUT2D eigenvalue weighted by atomic mass is 9.98. The molecule has 158 valence electrons. The van der Waals surface area contributed by atoms with E-state index >= 15 is 0 Å². The van der Waals surface area contributed by atoms with Crippen molar-refractivity contribution in [2.24, 2.45) is 0 Å². The highest BCUT2D eigenvalue weighted by Gasteiger charge is 2.13. The first-order valence-electron chi connectivity index (χ1n) is 10.6. The molecule has 1 heterocycles. The van der Waals surface area contributed by atoms with E-state index in [9.17, 15) is 4.79 Å². The minimum atomic E-state index is -0.113. The van der Waals surface area contributed by atoms with E-state index in [-0.39, 0.29) is 5.91 Å². The van der Waals surface area contributed by atoms with E-state index in [0.29, 0.717) is 24.6 Å². The van der Waals surface area contributed by atoms with Gasteiger partial charge in [-0.3, -0.25) is 4.79 Å². The van der Waals surface area contributed by atoms with Crippen molar-refractivity contribution >= 4 is 32.9 Å². The number of aromatic nitrogens is 2. The summed E-state index contributed by atoms with van der Waals surface area (Å²) < 4.78 is 3.07. The van der Waals surface area contributed by atoms with Gasteiger partial charge >= 0.3 is 0 Å². The van der Waals surface area contributed by atoms with Gasteiger partial charge in [0.1, 0.15) is 5.82 Å². The SMILES string of the molecule is CCC(C)c1ccc(Cn2c(CNC(=O)c3cccc(Br)c3)nc3ccccc32)cc1. The second-order valence-electron chi connectivity index (χ2n) is 7.85. The van der Waals surface area contributed by atoms with Crippen molar-refractivity contribution in [2.75, 3.05) is 0 Å². The number of carbonyl (C=O) groups is 1. The van der Waals surface area contributed by atoms with Crippen LogP contribution in [0.2, 0.25) is 0 Å². The van der Waals surface area contributed by atoms with Crippen molar-refractivity contribution < 1.29 is 4.79 Å². The molecule has 0 saturated carbocycles. The van der Waals surface area contributed by atoms with Crippen LogP contribution in [0.25, 0.3) is 11.0 Å². The van der Waals surface area contributed by atoms with Crippen LogP contribution >= 0.6 is 15.9 Å².